The summed E-state index contributed by atoms with van der Waals surface area (Å²) in [5, 5.41) is 0.0826. The van der Waals surface area contributed by atoms with Crippen molar-refractivity contribution in [3.05, 3.63) is 34.6 Å². The molecule has 1 atom stereocenters. The molecule has 1 aromatic carbocycles. The molecule has 0 spiro atoms. The van der Waals surface area contributed by atoms with Gasteiger partial charge in [0.05, 0.1) is 5.02 Å². The summed E-state index contributed by atoms with van der Waals surface area (Å²) >= 11 is 5.66. The molecule has 0 fully saturated rings. The second-order valence-electron chi connectivity index (χ2n) is 3.24. The summed E-state index contributed by atoms with van der Waals surface area (Å²) in [7, 11) is 1.49. The van der Waals surface area contributed by atoms with E-state index >= 15 is 0 Å². The highest BCUT2D eigenvalue weighted by molar-refractivity contribution is 6.30. The van der Waals surface area contributed by atoms with Crippen LogP contribution >= 0.6 is 11.6 Å². The van der Waals surface area contributed by atoms with Crippen LogP contribution in [0.1, 0.15) is 12.5 Å². The van der Waals surface area contributed by atoms with Crippen molar-refractivity contribution in [2.75, 3.05) is 13.7 Å². The minimum atomic E-state index is -0.824. The molecule has 0 saturated heterocycles. The van der Waals surface area contributed by atoms with Crippen LogP contribution in [0.3, 0.4) is 0 Å². The van der Waals surface area contributed by atoms with Gasteiger partial charge in [0.1, 0.15) is 11.4 Å². The maximum absolute atomic E-state index is 13.6. The largest absolute Gasteiger partial charge is 0.372 e. The monoisotopic (exact) mass is 217 g/mol. The van der Waals surface area contributed by atoms with E-state index in [4.69, 9.17) is 22.1 Å². The number of halogens is 2. The van der Waals surface area contributed by atoms with E-state index in [-0.39, 0.29) is 11.6 Å². The van der Waals surface area contributed by atoms with Gasteiger partial charge < -0.3 is 10.5 Å². The molecule has 2 N–H and O–H groups in total. The lowest BCUT2D eigenvalue weighted by Gasteiger charge is -2.27. The number of hydrogen-bond acceptors (Lipinski definition) is 2. The van der Waals surface area contributed by atoms with Crippen LogP contribution in [0.2, 0.25) is 5.02 Å². The molecule has 1 aromatic rings. The lowest BCUT2D eigenvalue weighted by Crippen LogP contribution is -2.34. The minimum absolute atomic E-state index is 0.0826. The van der Waals surface area contributed by atoms with Gasteiger partial charge in [-0.15, -0.1) is 0 Å². The van der Waals surface area contributed by atoms with Crippen molar-refractivity contribution < 1.29 is 9.13 Å². The topological polar surface area (TPSA) is 35.2 Å². The van der Waals surface area contributed by atoms with Gasteiger partial charge in [-0.05, 0) is 13.0 Å². The Morgan fingerprint density at radius 1 is 1.57 bits per heavy atom. The third-order valence-corrected chi connectivity index (χ3v) is 2.65. The van der Waals surface area contributed by atoms with Gasteiger partial charge in [-0.25, -0.2) is 4.39 Å². The van der Waals surface area contributed by atoms with E-state index in [0.29, 0.717) is 5.56 Å². The van der Waals surface area contributed by atoms with Crippen molar-refractivity contribution in [2.45, 2.75) is 12.5 Å². The van der Waals surface area contributed by atoms with Gasteiger partial charge in [0.25, 0.3) is 0 Å². The fourth-order valence-electron chi connectivity index (χ4n) is 1.22. The second-order valence-corrected chi connectivity index (χ2v) is 3.65. The Bertz CT molecular complexity index is 326. The van der Waals surface area contributed by atoms with Gasteiger partial charge in [-0.1, -0.05) is 23.7 Å². The van der Waals surface area contributed by atoms with Gasteiger partial charge in [-0.3, -0.25) is 0 Å². The first-order valence-electron chi connectivity index (χ1n) is 4.25. The van der Waals surface area contributed by atoms with Crippen molar-refractivity contribution in [3.8, 4) is 0 Å². The van der Waals surface area contributed by atoms with Gasteiger partial charge in [0.2, 0.25) is 0 Å². The molecular weight excluding hydrogens is 205 g/mol. The molecule has 1 unspecified atom stereocenters. The molecule has 0 saturated carbocycles. The molecule has 0 aromatic heterocycles. The summed E-state index contributed by atoms with van der Waals surface area (Å²) < 4.78 is 18.8. The smallest absolute Gasteiger partial charge is 0.147 e. The van der Waals surface area contributed by atoms with Crippen molar-refractivity contribution in [2.24, 2.45) is 5.73 Å². The van der Waals surface area contributed by atoms with E-state index in [0.717, 1.165) is 0 Å². The van der Waals surface area contributed by atoms with E-state index in [1.807, 2.05) is 0 Å². The van der Waals surface area contributed by atoms with Crippen molar-refractivity contribution in [3.63, 3.8) is 0 Å². The zero-order chi connectivity index (χ0) is 10.8. The lowest BCUT2D eigenvalue weighted by atomic mass is 9.95. The number of benzene rings is 1. The first-order valence-corrected chi connectivity index (χ1v) is 4.62. The molecule has 2 nitrogen and oxygen atoms in total. The fraction of sp³-hybridized carbons (Fsp3) is 0.400. The Balaban J connectivity index is 3.24. The molecule has 14 heavy (non-hydrogen) atoms. The molecular formula is C10H13ClFNO. The molecule has 0 aliphatic heterocycles. The van der Waals surface area contributed by atoms with Crippen LogP contribution < -0.4 is 5.73 Å². The summed E-state index contributed by atoms with van der Waals surface area (Å²) in [6.07, 6.45) is 0. The van der Waals surface area contributed by atoms with Crippen LogP contribution in [0, 0.1) is 5.82 Å². The number of nitrogens with two attached hydrogens (primary N) is 1. The predicted octanol–water partition coefficient (Wildman–Crippen LogP) is 2.30. The predicted molar refractivity (Wildman–Crippen MR) is 54.8 cm³/mol. The average molecular weight is 218 g/mol. The number of rotatable bonds is 3. The molecule has 4 heteroatoms. The van der Waals surface area contributed by atoms with Crippen LogP contribution in [0.4, 0.5) is 4.39 Å². The van der Waals surface area contributed by atoms with E-state index in [1.165, 1.54) is 13.2 Å². The highest BCUT2D eigenvalue weighted by Gasteiger charge is 2.28. The third kappa shape index (κ3) is 1.90. The van der Waals surface area contributed by atoms with Gasteiger partial charge in [-0.2, -0.15) is 0 Å². The Kier molecular flexibility index (Phi) is 3.48. The van der Waals surface area contributed by atoms with Crippen LogP contribution in [0.25, 0.3) is 0 Å². The summed E-state index contributed by atoms with van der Waals surface area (Å²) in [5.41, 5.74) is 5.09. The highest BCUT2D eigenvalue weighted by atomic mass is 35.5. The van der Waals surface area contributed by atoms with Crippen molar-refractivity contribution in [1.29, 1.82) is 0 Å². The molecule has 78 valence electrons. The lowest BCUT2D eigenvalue weighted by molar-refractivity contribution is 0.00719. The summed E-state index contributed by atoms with van der Waals surface area (Å²) in [4.78, 5) is 0. The molecule has 0 heterocycles. The Labute approximate surface area is 87.8 Å². The van der Waals surface area contributed by atoms with Crippen LogP contribution in [0.15, 0.2) is 18.2 Å². The molecule has 0 aliphatic rings. The second kappa shape index (κ2) is 4.26. The average Bonchev–Trinajstić information content (AvgIpc) is 2.21. The van der Waals surface area contributed by atoms with Crippen LogP contribution in [-0.2, 0) is 10.3 Å². The van der Waals surface area contributed by atoms with E-state index in [9.17, 15) is 4.39 Å². The van der Waals surface area contributed by atoms with E-state index < -0.39 is 11.4 Å². The summed E-state index contributed by atoms with van der Waals surface area (Å²) in [6, 6.07) is 4.79. The Morgan fingerprint density at radius 3 is 2.71 bits per heavy atom. The van der Waals surface area contributed by atoms with E-state index in [1.54, 1.807) is 19.1 Å². The van der Waals surface area contributed by atoms with E-state index in [2.05, 4.69) is 0 Å². The molecule has 1 rings (SSSR count). The first kappa shape index (κ1) is 11.4. The first-order chi connectivity index (χ1) is 6.55. The highest BCUT2D eigenvalue weighted by Crippen LogP contribution is 2.29. The van der Waals surface area contributed by atoms with Gasteiger partial charge in [0.15, 0.2) is 0 Å². The van der Waals surface area contributed by atoms with Crippen LogP contribution in [0.5, 0.6) is 0 Å². The maximum Gasteiger partial charge on any atom is 0.147 e. The molecule has 0 amide bonds. The number of ether oxygens (including phenoxy) is 1. The zero-order valence-corrected chi connectivity index (χ0v) is 8.94. The van der Waals surface area contributed by atoms with Crippen LogP contribution in [-0.4, -0.2) is 13.7 Å². The fourth-order valence-corrected chi connectivity index (χ4v) is 1.39. The SMILES string of the molecule is COC(C)(CN)c1cccc(Cl)c1F. The Morgan fingerprint density at radius 2 is 2.21 bits per heavy atom. The quantitative estimate of drug-likeness (QED) is 0.843. The third-order valence-electron chi connectivity index (χ3n) is 2.36. The summed E-state index contributed by atoms with van der Waals surface area (Å²) in [6.45, 7) is 1.92. The minimum Gasteiger partial charge on any atom is -0.372 e. The normalized spacial score (nSPS) is 15.2. The van der Waals surface area contributed by atoms with Crippen molar-refractivity contribution in [1.82, 2.24) is 0 Å². The summed E-state index contributed by atoms with van der Waals surface area (Å²) in [5.74, 6) is -0.469. The Hall–Kier alpha value is -0.640. The molecule has 0 aliphatic carbocycles. The number of methoxy groups -OCH3 is 1. The van der Waals surface area contributed by atoms with Crippen molar-refractivity contribution >= 4 is 11.6 Å². The van der Waals surface area contributed by atoms with Gasteiger partial charge in [0, 0.05) is 19.2 Å². The number of hydrogen-bond donors (Lipinski definition) is 1. The maximum atomic E-state index is 13.6. The zero-order valence-electron chi connectivity index (χ0n) is 8.18. The molecule has 0 radical (unpaired) electrons. The molecule has 0 bridgehead atoms. The van der Waals surface area contributed by atoms with Gasteiger partial charge >= 0.3 is 0 Å². The standard InChI is InChI=1S/C10H13ClFNO/c1-10(6-13,14-2)7-4-3-5-8(11)9(7)12/h3-5H,6,13H2,1-2H3.